The molecule has 0 heterocycles. The van der Waals surface area contributed by atoms with Crippen molar-refractivity contribution in [1.29, 1.82) is 0 Å². The Labute approximate surface area is 178 Å². The van der Waals surface area contributed by atoms with Crippen molar-refractivity contribution in [1.82, 2.24) is 4.72 Å². The fourth-order valence-corrected chi connectivity index (χ4v) is 3.60. The minimum Gasteiger partial charge on any atom is -0.487 e. The lowest BCUT2D eigenvalue weighted by Gasteiger charge is -2.11. The number of halogens is 2. The molecule has 1 amide bonds. The highest BCUT2D eigenvalue weighted by atomic mass is 35.5. The van der Waals surface area contributed by atoms with Crippen molar-refractivity contribution in [3.8, 4) is 5.75 Å². The zero-order valence-corrected chi connectivity index (χ0v) is 17.6. The summed E-state index contributed by atoms with van der Waals surface area (Å²) in [6, 6.07) is 10.4. The second kappa shape index (κ2) is 10.4. The molecule has 0 spiro atoms. The number of rotatable bonds is 9. The number of ether oxygens (including phenoxy) is 2. The molecule has 0 saturated carbocycles. The maximum Gasteiger partial charge on any atom is 0.321 e. The van der Waals surface area contributed by atoms with Crippen LogP contribution in [0, 0.1) is 0 Å². The molecular formula is C18H18Cl2N2O6S. The summed E-state index contributed by atoms with van der Waals surface area (Å²) in [7, 11) is -3.92. The highest BCUT2D eigenvalue weighted by Crippen LogP contribution is 2.32. The molecule has 11 heteroatoms. The second-order valence-corrected chi connectivity index (χ2v) is 8.23. The van der Waals surface area contributed by atoms with Crippen LogP contribution in [0.1, 0.15) is 6.92 Å². The minimum absolute atomic E-state index is 0.00739. The molecule has 0 aliphatic carbocycles. The first-order valence-electron chi connectivity index (χ1n) is 8.29. The first-order valence-corrected chi connectivity index (χ1v) is 10.5. The first kappa shape index (κ1) is 23.0. The monoisotopic (exact) mass is 460 g/mol. The largest absolute Gasteiger partial charge is 0.487 e. The predicted molar refractivity (Wildman–Crippen MR) is 109 cm³/mol. The minimum atomic E-state index is -3.92. The van der Waals surface area contributed by atoms with E-state index in [1.807, 2.05) is 0 Å². The van der Waals surface area contributed by atoms with E-state index in [4.69, 9.17) is 32.7 Å². The summed E-state index contributed by atoms with van der Waals surface area (Å²) < 4.78 is 36.8. The van der Waals surface area contributed by atoms with Crippen molar-refractivity contribution < 1.29 is 27.5 Å². The van der Waals surface area contributed by atoms with Crippen LogP contribution in [0.25, 0.3) is 0 Å². The van der Waals surface area contributed by atoms with Crippen molar-refractivity contribution in [2.75, 3.05) is 25.1 Å². The molecular weight excluding hydrogens is 443 g/mol. The highest BCUT2D eigenvalue weighted by Gasteiger charge is 2.16. The number of benzene rings is 2. The van der Waals surface area contributed by atoms with Crippen LogP contribution in [0.5, 0.6) is 5.75 Å². The van der Waals surface area contributed by atoms with E-state index in [2.05, 4.69) is 10.0 Å². The number of sulfonamides is 1. The van der Waals surface area contributed by atoms with Gasteiger partial charge in [0.15, 0.2) is 5.75 Å². The van der Waals surface area contributed by atoms with Gasteiger partial charge in [-0.2, -0.15) is 4.72 Å². The molecule has 0 aliphatic rings. The van der Waals surface area contributed by atoms with Crippen molar-refractivity contribution in [3.63, 3.8) is 0 Å². The fourth-order valence-electron chi connectivity index (χ4n) is 2.13. The summed E-state index contributed by atoms with van der Waals surface area (Å²) in [4.78, 5) is 22.7. The van der Waals surface area contributed by atoms with Gasteiger partial charge in [0.2, 0.25) is 15.9 Å². The molecule has 0 radical (unpaired) electrons. The smallest absolute Gasteiger partial charge is 0.321 e. The number of nitrogens with one attached hydrogen (secondary N) is 2. The molecule has 0 fully saturated rings. The summed E-state index contributed by atoms with van der Waals surface area (Å²) in [6.45, 7) is 0.661. The van der Waals surface area contributed by atoms with Gasteiger partial charge >= 0.3 is 5.97 Å². The van der Waals surface area contributed by atoms with Gasteiger partial charge in [-0.25, -0.2) is 8.42 Å². The van der Waals surface area contributed by atoms with Crippen molar-refractivity contribution in [2.24, 2.45) is 0 Å². The standard InChI is InChI=1S/C18H18Cl2N2O6S/c1-12(23)22-13-5-7-14(8-6-13)29(25,26)21-11-17(24)27-9-10-28-18-15(19)3-2-4-16(18)20/h2-8,21H,9-11H2,1H3,(H,22,23). The van der Waals surface area contributed by atoms with Crippen LogP contribution in [0.4, 0.5) is 5.69 Å². The lowest BCUT2D eigenvalue weighted by Crippen LogP contribution is -2.31. The normalized spacial score (nSPS) is 11.0. The molecule has 0 bridgehead atoms. The molecule has 0 aromatic heterocycles. The van der Waals surface area contributed by atoms with Gasteiger partial charge in [-0.05, 0) is 36.4 Å². The van der Waals surface area contributed by atoms with E-state index in [1.165, 1.54) is 31.2 Å². The van der Waals surface area contributed by atoms with E-state index in [-0.39, 0.29) is 29.8 Å². The zero-order chi connectivity index (χ0) is 21.4. The van der Waals surface area contributed by atoms with Crippen LogP contribution in [0.2, 0.25) is 10.0 Å². The third-order valence-corrected chi connectivity index (χ3v) is 5.42. The summed E-state index contributed by atoms with van der Waals surface area (Å²) >= 11 is 11.9. The number of para-hydroxylation sites is 1. The molecule has 156 valence electrons. The molecule has 0 atom stereocenters. The SMILES string of the molecule is CC(=O)Nc1ccc(S(=O)(=O)NCC(=O)OCCOc2c(Cl)cccc2Cl)cc1. The maximum atomic E-state index is 12.2. The van der Waals surface area contributed by atoms with Gasteiger partial charge in [-0.15, -0.1) is 0 Å². The average molecular weight is 461 g/mol. The molecule has 29 heavy (non-hydrogen) atoms. The topological polar surface area (TPSA) is 111 Å². The molecule has 8 nitrogen and oxygen atoms in total. The lowest BCUT2D eigenvalue weighted by atomic mass is 10.3. The molecule has 2 aromatic carbocycles. The average Bonchev–Trinajstić information content (AvgIpc) is 2.65. The quantitative estimate of drug-likeness (QED) is 0.439. The van der Waals surface area contributed by atoms with Gasteiger partial charge in [-0.1, -0.05) is 29.3 Å². The molecule has 2 aromatic rings. The fraction of sp³-hybridized carbons (Fsp3) is 0.222. The third kappa shape index (κ3) is 7.21. The van der Waals surface area contributed by atoms with Gasteiger partial charge in [0, 0.05) is 12.6 Å². The Hall–Kier alpha value is -2.33. The van der Waals surface area contributed by atoms with Gasteiger partial charge in [-0.3, -0.25) is 9.59 Å². The first-order chi connectivity index (χ1) is 13.7. The van der Waals surface area contributed by atoms with Crippen molar-refractivity contribution in [2.45, 2.75) is 11.8 Å². The zero-order valence-electron chi connectivity index (χ0n) is 15.3. The van der Waals surface area contributed by atoms with Crippen LogP contribution in [-0.2, 0) is 24.3 Å². The van der Waals surface area contributed by atoms with Gasteiger partial charge in [0.05, 0.1) is 14.9 Å². The molecule has 2 N–H and O–H groups in total. The summed E-state index contributed by atoms with van der Waals surface area (Å²) in [5.74, 6) is -0.783. The third-order valence-electron chi connectivity index (χ3n) is 3.40. The van der Waals surface area contributed by atoms with Crippen LogP contribution in [-0.4, -0.2) is 40.1 Å². The number of hydrogen-bond acceptors (Lipinski definition) is 6. The lowest BCUT2D eigenvalue weighted by molar-refractivity contribution is -0.142. The van der Waals surface area contributed by atoms with Crippen LogP contribution in [0.15, 0.2) is 47.4 Å². The summed E-state index contributed by atoms with van der Waals surface area (Å²) in [5, 5.41) is 3.17. The Morgan fingerprint density at radius 3 is 2.21 bits per heavy atom. The number of esters is 1. The number of anilines is 1. The number of carbonyl (C=O) groups is 2. The summed E-state index contributed by atoms with van der Waals surface area (Å²) in [5.41, 5.74) is 0.453. The van der Waals surface area contributed by atoms with Crippen LogP contribution >= 0.6 is 23.2 Å². The van der Waals surface area contributed by atoms with Crippen molar-refractivity contribution >= 4 is 50.8 Å². The van der Waals surface area contributed by atoms with Gasteiger partial charge < -0.3 is 14.8 Å². The van der Waals surface area contributed by atoms with E-state index in [1.54, 1.807) is 18.2 Å². The highest BCUT2D eigenvalue weighted by molar-refractivity contribution is 7.89. The van der Waals surface area contributed by atoms with E-state index >= 15 is 0 Å². The van der Waals surface area contributed by atoms with E-state index in [9.17, 15) is 18.0 Å². The number of amides is 1. The molecule has 2 rings (SSSR count). The molecule has 0 unspecified atom stereocenters. The number of carbonyl (C=O) groups excluding carboxylic acids is 2. The Bertz CT molecular complexity index is 960. The molecule has 0 aliphatic heterocycles. The van der Waals surface area contributed by atoms with Crippen molar-refractivity contribution in [3.05, 3.63) is 52.5 Å². The second-order valence-electron chi connectivity index (χ2n) is 5.65. The molecule has 0 saturated heterocycles. The Kier molecular flexibility index (Phi) is 8.27. The Morgan fingerprint density at radius 1 is 1.00 bits per heavy atom. The van der Waals surface area contributed by atoms with Gasteiger partial charge in [0.1, 0.15) is 19.8 Å². The predicted octanol–water partition coefficient (Wildman–Crippen LogP) is 2.85. The van der Waals surface area contributed by atoms with E-state index in [0.29, 0.717) is 15.7 Å². The van der Waals surface area contributed by atoms with E-state index < -0.39 is 22.5 Å². The van der Waals surface area contributed by atoms with E-state index in [0.717, 1.165) is 0 Å². The Balaban J connectivity index is 1.78. The van der Waals surface area contributed by atoms with Crippen LogP contribution < -0.4 is 14.8 Å². The van der Waals surface area contributed by atoms with Crippen LogP contribution in [0.3, 0.4) is 0 Å². The summed E-state index contributed by atoms with van der Waals surface area (Å²) in [6.07, 6.45) is 0. The van der Waals surface area contributed by atoms with Gasteiger partial charge in [0.25, 0.3) is 0 Å². The Morgan fingerprint density at radius 2 is 1.62 bits per heavy atom. The maximum absolute atomic E-state index is 12.2. The number of hydrogen-bond donors (Lipinski definition) is 2.